The number of rotatable bonds is 5. The first-order chi connectivity index (χ1) is 9.15. The molecule has 0 spiro atoms. The minimum Gasteiger partial charge on any atom is -0.497 e. The molecule has 2 nitrogen and oxygen atoms in total. The predicted molar refractivity (Wildman–Crippen MR) is 81.5 cm³/mol. The van der Waals surface area contributed by atoms with Crippen molar-refractivity contribution in [3.8, 4) is 5.75 Å². The van der Waals surface area contributed by atoms with E-state index in [0.717, 1.165) is 5.75 Å². The maximum absolute atomic E-state index is 6.35. The Hall–Kier alpha value is -1.54. The molecule has 0 aliphatic carbocycles. The molecule has 19 heavy (non-hydrogen) atoms. The smallest absolute Gasteiger partial charge is 0.119 e. The average molecular weight is 257 g/mol. The molecular formula is C17H23NO. The van der Waals surface area contributed by atoms with Crippen LogP contribution in [0.3, 0.4) is 0 Å². The van der Waals surface area contributed by atoms with Crippen LogP contribution in [0.1, 0.15) is 38.3 Å². The van der Waals surface area contributed by atoms with E-state index in [1.807, 2.05) is 6.07 Å². The van der Waals surface area contributed by atoms with Crippen LogP contribution in [0.4, 0.5) is 0 Å². The van der Waals surface area contributed by atoms with Gasteiger partial charge in [-0.2, -0.15) is 0 Å². The van der Waals surface area contributed by atoms with Crippen LogP contribution in [-0.2, 0) is 0 Å². The average Bonchev–Trinajstić information content (AvgIpc) is 2.45. The first-order valence-electron chi connectivity index (χ1n) is 6.99. The van der Waals surface area contributed by atoms with E-state index in [-0.39, 0.29) is 6.04 Å². The topological polar surface area (TPSA) is 35.2 Å². The highest BCUT2D eigenvalue weighted by atomic mass is 16.5. The van der Waals surface area contributed by atoms with Gasteiger partial charge in [-0.25, -0.2) is 0 Å². The van der Waals surface area contributed by atoms with Crippen LogP contribution < -0.4 is 10.5 Å². The highest BCUT2D eigenvalue weighted by Gasteiger charge is 2.14. The minimum absolute atomic E-state index is 0.117. The molecule has 2 unspecified atom stereocenters. The highest BCUT2D eigenvalue weighted by Crippen LogP contribution is 2.27. The second kappa shape index (κ2) is 6.07. The lowest BCUT2D eigenvalue weighted by Gasteiger charge is -2.20. The zero-order valence-electron chi connectivity index (χ0n) is 12.0. The van der Waals surface area contributed by atoms with Crippen molar-refractivity contribution in [3.05, 3.63) is 42.0 Å². The van der Waals surface area contributed by atoms with Gasteiger partial charge in [-0.15, -0.1) is 0 Å². The summed E-state index contributed by atoms with van der Waals surface area (Å²) < 4.78 is 5.25. The highest BCUT2D eigenvalue weighted by molar-refractivity contribution is 5.84. The lowest BCUT2D eigenvalue weighted by atomic mass is 9.90. The van der Waals surface area contributed by atoms with E-state index in [0.29, 0.717) is 5.92 Å². The van der Waals surface area contributed by atoms with Gasteiger partial charge in [-0.3, -0.25) is 0 Å². The largest absolute Gasteiger partial charge is 0.497 e. The third kappa shape index (κ3) is 3.07. The van der Waals surface area contributed by atoms with Crippen molar-refractivity contribution in [2.45, 2.75) is 32.7 Å². The molecule has 2 heteroatoms. The second-order valence-electron chi connectivity index (χ2n) is 5.26. The standard InChI is InChI=1S/C17H23NO/c1-4-5-12(2)17(18)15-7-6-14-11-16(19-3)9-8-13(14)10-15/h6-12,17H,4-5,18H2,1-3H3. The summed E-state index contributed by atoms with van der Waals surface area (Å²) in [7, 11) is 1.69. The van der Waals surface area contributed by atoms with E-state index in [4.69, 9.17) is 10.5 Å². The third-order valence-electron chi connectivity index (χ3n) is 3.81. The molecule has 0 bridgehead atoms. The van der Waals surface area contributed by atoms with Gasteiger partial charge in [0, 0.05) is 6.04 Å². The first kappa shape index (κ1) is 13.9. The van der Waals surface area contributed by atoms with Crippen LogP contribution in [0.5, 0.6) is 5.75 Å². The molecule has 2 rings (SSSR count). The maximum Gasteiger partial charge on any atom is 0.119 e. The fraction of sp³-hybridized carbons (Fsp3) is 0.412. The molecule has 0 aromatic heterocycles. The van der Waals surface area contributed by atoms with Gasteiger partial charge >= 0.3 is 0 Å². The molecule has 102 valence electrons. The Morgan fingerprint density at radius 2 is 1.79 bits per heavy atom. The Labute approximate surface area is 115 Å². The molecule has 0 heterocycles. The van der Waals surface area contributed by atoms with Crippen LogP contribution in [0.15, 0.2) is 36.4 Å². The minimum atomic E-state index is 0.117. The quantitative estimate of drug-likeness (QED) is 0.867. The van der Waals surface area contributed by atoms with Crippen LogP contribution in [0.2, 0.25) is 0 Å². The van der Waals surface area contributed by atoms with Crippen LogP contribution in [0.25, 0.3) is 10.8 Å². The normalized spacial score (nSPS) is 14.3. The van der Waals surface area contributed by atoms with Gasteiger partial charge in [-0.05, 0) is 46.9 Å². The monoisotopic (exact) mass is 257 g/mol. The van der Waals surface area contributed by atoms with E-state index < -0.39 is 0 Å². The van der Waals surface area contributed by atoms with Gasteiger partial charge in [0.1, 0.15) is 5.75 Å². The lowest BCUT2D eigenvalue weighted by molar-refractivity contribution is 0.415. The molecule has 0 saturated heterocycles. The van der Waals surface area contributed by atoms with E-state index in [9.17, 15) is 0 Å². The summed E-state index contributed by atoms with van der Waals surface area (Å²) in [6.07, 6.45) is 2.35. The number of ether oxygens (including phenoxy) is 1. The molecule has 2 N–H and O–H groups in total. The molecule has 2 aromatic rings. The molecule has 0 amide bonds. The third-order valence-corrected chi connectivity index (χ3v) is 3.81. The second-order valence-corrected chi connectivity index (χ2v) is 5.26. The van der Waals surface area contributed by atoms with Gasteiger partial charge in [0.2, 0.25) is 0 Å². The molecule has 0 saturated carbocycles. The van der Waals surface area contributed by atoms with Crippen LogP contribution in [0, 0.1) is 5.92 Å². The number of nitrogens with two attached hydrogens (primary N) is 1. The molecule has 0 radical (unpaired) electrons. The van der Waals surface area contributed by atoms with Gasteiger partial charge in [-0.1, -0.05) is 38.5 Å². The Bertz CT molecular complexity index is 550. The van der Waals surface area contributed by atoms with Crippen LogP contribution >= 0.6 is 0 Å². The zero-order chi connectivity index (χ0) is 13.8. The molecule has 2 atom stereocenters. The molecule has 0 fully saturated rings. The zero-order valence-corrected chi connectivity index (χ0v) is 12.0. The predicted octanol–water partition coefficient (Wildman–Crippen LogP) is 4.28. The number of fused-ring (bicyclic) bond motifs is 1. The van der Waals surface area contributed by atoms with E-state index in [2.05, 4.69) is 44.2 Å². The van der Waals surface area contributed by atoms with Gasteiger partial charge < -0.3 is 10.5 Å². The lowest BCUT2D eigenvalue weighted by Crippen LogP contribution is -2.18. The summed E-state index contributed by atoms with van der Waals surface area (Å²) in [6, 6.07) is 12.7. The van der Waals surface area contributed by atoms with Crippen molar-refractivity contribution in [2.24, 2.45) is 11.7 Å². The van der Waals surface area contributed by atoms with Crippen molar-refractivity contribution in [1.82, 2.24) is 0 Å². The summed E-state index contributed by atoms with van der Waals surface area (Å²) in [5, 5.41) is 2.41. The molecular weight excluding hydrogens is 234 g/mol. The van der Waals surface area contributed by atoms with E-state index in [1.54, 1.807) is 7.11 Å². The summed E-state index contributed by atoms with van der Waals surface area (Å²) in [5.41, 5.74) is 7.57. The van der Waals surface area contributed by atoms with Crippen molar-refractivity contribution in [3.63, 3.8) is 0 Å². The molecule has 2 aromatic carbocycles. The summed E-state index contributed by atoms with van der Waals surface area (Å²) in [6.45, 7) is 4.43. The van der Waals surface area contributed by atoms with Gasteiger partial charge in [0.25, 0.3) is 0 Å². The van der Waals surface area contributed by atoms with E-state index in [1.165, 1.54) is 29.2 Å². The van der Waals surface area contributed by atoms with Crippen molar-refractivity contribution in [1.29, 1.82) is 0 Å². The fourth-order valence-corrected chi connectivity index (χ4v) is 2.54. The van der Waals surface area contributed by atoms with Gasteiger partial charge in [0.15, 0.2) is 0 Å². The summed E-state index contributed by atoms with van der Waals surface area (Å²) >= 11 is 0. The number of methoxy groups -OCH3 is 1. The van der Waals surface area contributed by atoms with Gasteiger partial charge in [0.05, 0.1) is 7.11 Å². The van der Waals surface area contributed by atoms with E-state index >= 15 is 0 Å². The van der Waals surface area contributed by atoms with Crippen molar-refractivity contribution < 1.29 is 4.74 Å². The number of hydrogen-bond donors (Lipinski definition) is 1. The van der Waals surface area contributed by atoms with Crippen LogP contribution in [-0.4, -0.2) is 7.11 Å². The summed E-state index contributed by atoms with van der Waals surface area (Å²) in [4.78, 5) is 0. The molecule has 0 aliphatic rings. The first-order valence-corrected chi connectivity index (χ1v) is 6.99. The SMILES string of the molecule is CCCC(C)C(N)c1ccc2cc(OC)ccc2c1. The Morgan fingerprint density at radius 3 is 2.47 bits per heavy atom. The Morgan fingerprint density at radius 1 is 1.11 bits per heavy atom. The summed E-state index contributed by atoms with van der Waals surface area (Å²) in [5.74, 6) is 1.41. The number of hydrogen-bond acceptors (Lipinski definition) is 2. The fourth-order valence-electron chi connectivity index (χ4n) is 2.54. The maximum atomic E-state index is 6.35. The number of benzene rings is 2. The Kier molecular flexibility index (Phi) is 4.43. The van der Waals surface area contributed by atoms with Crippen molar-refractivity contribution >= 4 is 10.8 Å². The molecule has 0 aliphatic heterocycles. The Balaban J connectivity index is 2.31. The van der Waals surface area contributed by atoms with Crippen molar-refractivity contribution in [2.75, 3.05) is 7.11 Å².